The van der Waals surface area contributed by atoms with E-state index in [0.29, 0.717) is 22.5 Å². The number of rotatable bonds is 7. The van der Waals surface area contributed by atoms with Crippen LogP contribution in [0.3, 0.4) is 0 Å². The Morgan fingerprint density at radius 1 is 0.970 bits per heavy atom. The average Bonchev–Trinajstić information content (AvgIpc) is 2.75. The van der Waals surface area contributed by atoms with Crippen LogP contribution in [-0.4, -0.2) is 20.4 Å². The molecule has 0 spiro atoms. The summed E-state index contributed by atoms with van der Waals surface area (Å²) in [5.74, 6) is -0.0215. The predicted molar refractivity (Wildman–Crippen MR) is 119 cm³/mol. The number of alkyl halides is 3. The van der Waals surface area contributed by atoms with Crippen molar-refractivity contribution >= 4 is 38.9 Å². The number of halogens is 4. The van der Waals surface area contributed by atoms with Crippen molar-refractivity contribution in [2.75, 3.05) is 10.0 Å². The Kier molecular flexibility index (Phi) is 7.19. The molecule has 33 heavy (non-hydrogen) atoms. The molecule has 174 valence electrons. The maximum Gasteiger partial charge on any atom is 0.416 e. The van der Waals surface area contributed by atoms with Crippen molar-refractivity contribution in [2.24, 2.45) is 0 Å². The molecule has 0 saturated carbocycles. The molecule has 0 fully saturated rings. The molecule has 11 heteroatoms. The molecule has 2 N–H and O–H groups in total. The van der Waals surface area contributed by atoms with Crippen molar-refractivity contribution < 1.29 is 31.1 Å². The van der Waals surface area contributed by atoms with Crippen molar-refractivity contribution in [1.82, 2.24) is 0 Å². The van der Waals surface area contributed by atoms with E-state index in [1.54, 1.807) is 31.2 Å². The fraction of sp³-hybridized carbons (Fsp3) is 0.136. The van der Waals surface area contributed by atoms with Gasteiger partial charge in [-0.1, -0.05) is 17.7 Å². The van der Waals surface area contributed by atoms with Crippen molar-refractivity contribution in [3.63, 3.8) is 0 Å². The molecule has 0 aliphatic rings. The van der Waals surface area contributed by atoms with Gasteiger partial charge in [0.05, 0.1) is 10.5 Å². The van der Waals surface area contributed by atoms with Crippen LogP contribution in [0.2, 0.25) is 5.02 Å². The Balaban J connectivity index is 1.65. The zero-order chi connectivity index (χ0) is 24.2. The fourth-order valence-electron chi connectivity index (χ4n) is 2.71. The lowest BCUT2D eigenvalue weighted by molar-refractivity contribution is -0.137. The molecule has 0 aliphatic carbocycles. The molecule has 1 atom stereocenters. The molecule has 0 radical (unpaired) electrons. The number of amides is 1. The first-order valence-electron chi connectivity index (χ1n) is 9.47. The van der Waals surface area contributed by atoms with Gasteiger partial charge in [-0.3, -0.25) is 9.52 Å². The molecular weight excluding hydrogens is 481 g/mol. The summed E-state index contributed by atoms with van der Waals surface area (Å²) in [6.45, 7) is 1.54. The summed E-state index contributed by atoms with van der Waals surface area (Å²) >= 11 is 5.81. The monoisotopic (exact) mass is 498 g/mol. The van der Waals surface area contributed by atoms with E-state index in [4.69, 9.17) is 16.3 Å². The summed E-state index contributed by atoms with van der Waals surface area (Å²) in [5, 5.41) is 3.12. The lowest BCUT2D eigenvalue weighted by Crippen LogP contribution is -2.30. The fourth-order valence-corrected chi connectivity index (χ4v) is 3.88. The van der Waals surface area contributed by atoms with E-state index in [1.807, 2.05) is 0 Å². The van der Waals surface area contributed by atoms with Gasteiger partial charge in [-0.25, -0.2) is 8.42 Å². The van der Waals surface area contributed by atoms with E-state index >= 15 is 0 Å². The van der Waals surface area contributed by atoms with E-state index in [1.165, 1.54) is 30.3 Å². The van der Waals surface area contributed by atoms with Crippen LogP contribution < -0.4 is 14.8 Å². The summed E-state index contributed by atoms with van der Waals surface area (Å²) in [7, 11) is -4.15. The molecule has 0 saturated heterocycles. The molecule has 3 aromatic rings. The number of sulfonamides is 1. The van der Waals surface area contributed by atoms with E-state index in [-0.39, 0.29) is 10.6 Å². The molecule has 3 rings (SSSR count). The van der Waals surface area contributed by atoms with Crippen molar-refractivity contribution in [2.45, 2.75) is 24.1 Å². The second-order valence-corrected chi connectivity index (χ2v) is 9.03. The number of benzene rings is 3. The first-order valence-corrected chi connectivity index (χ1v) is 11.3. The van der Waals surface area contributed by atoms with Crippen molar-refractivity contribution in [3.05, 3.63) is 83.4 Å². The number of hydrogen-bond donors (Lipinski definition) is 2. The third-order valence-corrected chi connectivity index (χ3v) is 6.02. The van der Waals surface area contributed by atoms with Gasteiger partial charge in [-0.2, -0.15) is 13.2 Å². The Morgan fingerprint density at radius 3 is 2.21 bits per heavy atom. The van der Waals surface area contributed by atoms with Gasteiger partial charge in [0, 0.05) is 16.4 Å². The topological polar surface area (TPSA) is 84.5 Å². The highest BCUT2D eigenvalue weighted by Crippen LogP contribution is 2.31. The van der Waals surface area contributed by atoms with E-state index < -0.39 is 33.8 Å². The Bertz CT molecular complexity index is 1230. The van der Waals surface area contributed by atoms with E-state index in [9.17, 15) is 26.4 Å². The minimum atomic E-state index is -4.60. The van der Waals surface area contributed by atoms with Gasteiger partial charge in [0.15, 0.2) is 6.10 Å². The van der Waals surface area contributed by atoms with Crippen molar-refractivity contribution in [1.29, 1.82) is 0 Å². The zero-order valence-corrected chi connectivity index (χ0v) is 18.6. The minimum absolute atomic E-state index is 0.191. The summed E-state index contributed by atoms with van der Waals surface area (Å²) in [5.41, 5.74) is -0.893. The Labute approximate surface area is 193 Å². The SMILES string of the molecule is CC(Oc1ccc(Cl)cc1)C(=O)Nc1ccc(S(=O)(=O)Nc2cccc(C(F)(F)F)c2)cc1. The standard InChI is InChI=1S/C22H18ClF3N2O4S/c1-14(32-19-9-5-16(23)6-10-19)21(29)27-17-7-11-20(12-8-17)33(30,31)28-18-4-2-3-15(13-18)22(24,25)26/h2-14,28H,1H3,(H,27,29). The van der Waals surface area contributed by atoms with Gasteiger partial charge in [-0.15, -0.1) is 0 Å². The normalized spacial score (nSPS) is 12.6. The van der Waals surface area contributed by atoms with Gasteiger partial charge in [0.2, 0.25) is 0 Å². The predicted octanol–water partition coefficient (Wildman–Crippen LogP) is 5.57. The van der Waals surface area contributed by atoms with Crippen LogP contribution in [-0.2, 0) is 21.0 Å². The smallest absolute Gasteiger partial charge is 0.416 e. The van der Waals surface area contributed by atoms with Gasteiger partial charge < -0.3 is 10.1 Å². The Morgan fingerprint density at radius 2 is 1.61 bits per heavy atom. The highest BCUT2D eigenvalue weighted by atomic mass is 35.5. The molecule has 0 bridgehead atoms. The third kappa shape index (κ3) is 6.62. The Hall–Kier alpha value is -3.24. The molecule has 6 nitrogen and oxygen atoms in total. The molecule has 0 heterocycles. The van der Waals surface area contributed by atoms with Crippen LogP contribution in [0, 0.1) is 0 Å². The maximum absolute atomic E-state index is 12.8. The third-order valence-electron chi connectivity index (χ3n) is 4.37. The maximum atomic E-state index is 12.8. The molecule has 1 amide bonds. The summed E-state index contributed by atoms with van der Waals surface area (Å²) in [6, 6.07) is 15.5. The van der Waals surface area contributed by atoms with Crippen LogP contribution >= 0.6 is 11.6 Å². The van der Waals surface area contributed by atoms with E-state index in [2.05, 4.69) is 10.0 Å². The summed E-state index contributed by atoms with van der Waals surface area (Å²) < 4.78 is 71.2. The van der Waals surface area contributed by atoms with Crippen LogP contribution in [0.4, 0.5) is 24.5 Å². The van der Waals surface area contributed by atoms with Gasteiger partial charge in [0.1, 0.15) is 5.75 Å². The number of hydrogen-bond acceptors (Lipinski definition) is 4. The molecule has 3 aromatic carbocycles. The summed E-state index contributed by atoms with van der Waals surface area (Å²) in [6.07, 6.45) is -5.45. The van der Waals surface area contributed by atoms with Crippen LogP contribution in [0.15, 0.2) is 77.7 Å². The number of carbonyl (C=O) groups excluding carboxylic acids is 1. The number of carbonyl (C=O) groups is 1. The molecular formula is C22H18ClF3N2O4S. The number of anilines is 2. The van der Waals surface area contributed by atoms with Gasteiger partial charge in [-0.05, 0) is 73.7 Å². The van der Waals surface area contributed by atoms with Crippen LogP contribution in [0.25, 0.3) is 0 Å². The zero-order valence-electron chi connectivity index (χ0n) is 17.1. The summed E-state index contributed by atoms with van der Waals surface area (Å²) in [4.78, 5) is 12.1. The lowest BCUT2D eigenvalue weighted by atomic mass is 10.2. The highest BCUT2D eigenvalue weighted by molar-refractivity contribution is 7.92. The average molecular weight is 499 g/mol. The number of nitrogens with one attached hydrogen (secondary N) is 2. The van der Waals surface area contributed by atoms with Gasteiger partial charge in [0.25, 0.3) is 15.9 Å². The van der Waals surface area contributed by atoms with Crippen molar-refractivity contribution in [3.8, 4) is 5.75 Å². The van der Waals surface area contributed by atoms with Crippen LogP contribution in [0.5, 0.6) is 5.75 Å². The minimum Gasteiger partial charge on any atom is -0.481 e. The van der Waals surface area contributed by atoms with Crippen LogP contribution in [0.1, 0.15) is 12.5 Å². The molecule has 0 aromatic heterocycles. The number of ether oxygens (including phenoxy) is 1. The first kappa shape index (κ1) is 24.4. The molecule has 1 unspecified atom stereocenters. The largest absolute Gasteiger partial charge is 0.481 e. The second kappa shape index (κ2) is 9.72. The quantitative estimate of drug-likeness (QED) is 0.446. The van der Waals surface area contributed by atoms with E-state index in [0.717, 1.165) is 12.1 Å². The second-order valence-electron chi connectivity index (χ2n) is 6.91. The lowest BCUT2D eigenvalue weighted by Gasteiger charge is -2.15. The first-order chi connectivity index (χ1) is 15.4. The highest BCUT2D eigenvalue weighted by Gasteiger charge is 2.30. The van der Waals surface area contributed by atoms with Gasteiger partial charge >= 0.3 is 6.18 Å². The molecule has 0 aliphatic heterocycles.